The van der Waals surface area contributed by atoms with Crippen LogP contribution in [0, 0.1) is 12.3 Å². The summed E-state index contributed by atoms with van der Waals surface area (Å²) in [6, 6.07) is 5.59. The lowest BCUT2D eigenvalue weighted by Crippen LogP contribution is -2.40. The van der Waals surface area contributed by atoms with Crippen molar-refractivity contribution >= 4 is 23.2 Å². The van der Waals surface area contributed by atoms with Crippen LogP contribution in [0.4, 0.5) is 5.69 Å². The van der Waals surface area contributed by atoms with Gasteiger partial charge in [-0.1, -0.05) is 30.2 Å². The molecule has 1 aliphatic rings. The van der Waals surface area contributed by atoms with Gasteiger partial charge in [-0.2, -0.15) is 0 Å². The molecule has 0 heterocycles. The molecule has 1 aromatic rings. The first-order valence-corrected chi connectivity index (χ1v) is 6.69. The van der Waals surface area contributed by atoms with Crippen LogP contribution < -0.4 is 11.1 Å². The summed E-state index contributed by atoms with van der Waals surface area (Å²) in [7, 11) is 0. The van der Waals surface area contributed by atoms with Crippen LogP contribution in [0.5, 0.6) is 0 Å². The van der Waals surface area contributed by atoms with E-state index in [2.05, 4.69) is 5.32 Å². The van der Waals surface area contributed by atoms with E-state index >= 15 is 0 Å². The number of nitrogens with one attached hydrogen (secondary N) is 1. The zero-order valence-electron chi connectivity index (χ0n) is 10.6. The fourth-order valence-electron chi connectivity index (χ4n) is 2.44. The van der Waals surface area contributed by atoms with E-state index in [0.29, 0.717) is 18.0 Å². The zero-order valence-corrected chi connectivity index (χ0v) is 11.4. The summed E-state index contributed by atoms with van der Waals surface area (Å²) >= 11 is 6.09. The number of rotatable bonds is 4. The third-order valence-electron chi connectivity index (χ3n) is 3.87. The highest BCUT2D eigenvalue weighted by Crippen LogP contribution is 2.43. The monoisotopic (exact) mass is 266 g/mol. The molecule has 0 aromatic heterocycles. The van der Waals surface area contributed by atoms with Crippen LogP contribution in [0.15, 0.2) is 18.2 Å². The van der Waals surface area contributed by atoms with Gasteiger partial charge in [0.2, 0.25) is 5.91 Å². The maximum atomic E-state index is 12.1. The van der Waals surface area contributed by atoms with Crippen LogP contribution in [-0.4, -0.2) is 12.5 Å². The molecule has 98 valence electrons. The van der Waals surface area contributed by atoms with E-state index in [4.69, 9.17) is 17.3 Å². The Morgan fingerprint density at radius 1 is 1.50 bits per heavy atom. The predicted octanol–water partition coefficient (Wildman–Crippen LogP) is 3.11. The van der Waals surface area contributed by atoms with Gasteiger partial charge < -0.3 is 11.1 Å². The third-order valence-corrected chi connectivity index (χ3v) is 4.18. The number of nitrogens with two attached hydrogens (primary N) is 1. The minimum absolute atomic E-state index is 0.0105. The number of carbonyl (C=O) groups excluding carboxylic acids is 1. The number of hydrogen-bond acceptors (Lipinski definition) is 2. The first-order valence-electron chi connectivity index (χ1n) is 6.31. The molecule has 1 amide bonds. The van der Waals surface area contributed by atoms with Crippen molar-refractivity contribution < 1.29 is 4.79 Å². The summed E-state index contributed by atoms with van der Waals surface area (Å²) in [6.45, 7) is 2.52. The maximum Gasteiger partial charge on any atom is 0.225 e. The Morgan fingerprint density at radius 2 is 2.22 bits per heavy atom. The summed E-state index contributed by atoms with van der Waals surface area (Å²) in [5.41, 5.74) is 7.49. The van der Waals surface area contributed by atoms with E-state index in [1.807, 2.05) is 19.1 Å². The smallest absolute Gasteiger partial charge is 0.225 e. The average molecular weight is 267 g/mol. The molecule has 0 atom stereocenters. The maximum absolute atomic E-state index is 12.1. The second kappa shape index (κ2) is 5.29. The van der Waals surface area contributed by atoms with Gasteiger partial charge in [0.15, 0.2) is 0 Å². The standard InChI is InChI=1S/C14H19ClN2O/c1-10-4-2-5-11(15)13(10)17-12(18)8-14(9-16)6-3-7-14/h2,4-5H,3,6-9,16H2,1H3,(H,17,18). The zero-order chi connectivity index (χ0) is 13.2. The van der Waals surface area contributed by atoms with Crippen LogP contribution in [0.1, 0.15) is 31.2 Å². The lowest BCUT2D eigenvalue weighted by Gasteiger charge is -2.40. The van der Waals surface area contributed by atoms with Crippen LogP contribution in [-0.2, 0) is 4.79 Å². The average Bonchev–Trinajstić information content (AvgIpc) is 2.29. The van der Waals surface area contributed by atoms with Crippen LogP contribution in [0.3, 0.4) is 0 Å². The highest BCUT2D eigenvalue weighted by molar-refractivity contribution is 6.33. The molecule has 0 radical (unpaired) electrons. The topological polar surface area (TPSA) is 55.1 Å². The molecular weight excluding hydrogens is 248 g/mol. The van der Waals surface area contributed by atoms with E-state index in [9.17, 15) is 4.79 Å². The SMILES string of the molecule is Cc1cccc(Cl)c1NC(=O)CC1(CN)CCC1. The molecule has 0 spiro atoms. The minimum Gasteiger partial charge on any atom is -0.330 e. The van der Waals surface area contributed by atoms with Crippen LogP contribution >= 0.6 is 11.6 Å². The van der Waals surface area contributed by atoms with Gasteiger partial charge in [-0.25, -0.2) is 0 Å². The molecule has 0 bridgehead atoms. The lowest BCUT2D eigenvalue weighted by atomic mass is 9.66. The third kappa shape index (κ3) is 2.68. The van der Waals surface area contributed by atoms with Gasteiger partial charge in [0.1, 0.15) is 0 Å². The van der Waals surface area contributed by atoms with E-state index < -0.39 is 0 Å². The molecule has 1 aromatic carbocycles. The molecule has 1 fully saturated rings. The number of amides is 1. The van der Waals surface area contributed by atoms with Crippen molar-refractivity contribution in [3.8, 4) is 0 Å². The van der Waals surface area contributed by atoms with Gasteiger partial charge in [0.05, 0.1) is 10.7 Å². The van der Waals surface area contributed by atoms with Crippen molar-refractivity contribution in [2.45, 2.75) is 32.6 Å². The van der Waals surface area contributed by atoms with E-state index in [0.717, 1.165) is 24.1 Å². The summed E-state index contributed by atoms with van der Waals surface area (Å²) in [5.74, 6) is 0.0105. The van der Waals surface area contributed by atoms with Gasteiger partial charge in [-0.15, -0.1) is 0 Å². The Morgan fingerprint density at radius 3 is 2.72 bits per heavy atom. The lowest BCUT2D eigenvalue weighted by molar-refractivity contribution is -0.119. The van der Waals surface area contributed by atoms with Crippen molar-refractivity contribution in [2.75, 3.05) is 11.9 Å². The molecule has 2 rings (SSSR count). The Balaban J connectivity index is 2.03. The highest BCUT2D eigenvalue weighted by atomic mass is 35.5. The van der Waals surface area contributed by atoms with E-state index in [1.54, 1.807) is 6.07 Å². The number of anilines is 1. The van der Waals surface area contributed by atoms with Gasteiger partial charge in [0.25, 0.3) is 0 Å². The van der Waals surface area contributed by atoms with E-state index in [1.165, 1.54) is 6.42 Å². The van der Waals surface area contributed by atoms with Crippen molar-refractivity contribution in [3.05, 3.63) is 28.8 Å². The number of para-hydroxylation sites is 1. The van der Waals surface area contributed by atoms with Gasteiger partial charge in [0, 0.05) is 6.42 Å². The summed E-state index contributed by atoms with van der Waals surface area (Å²) in [4.78, 5) is 12.1. The van der Waals surface area contributed by atoms with Crippen LogP contribution in [0.2, 0.25) is 5.02 Å². The van der Waals surface area contributed by atoms with Gasteiger partial charge in [-0.3, -0.25) is 4.79 Å². The Labute approximate surface area is 113 Å². The number of hydrogen-bond donors (Lipinski definition) is 2. The second-order valence-corrected chi connectivity index (χ2v) is 5.62. The van der Waals surface area contributed by atoms with Crippen molar-refractivity contribution in [3.63, 3.8) is 0 Å². The molecule has 4 heteroatoms. The van der Waals surface area contributed by atoms with Crippen molar-refractivity contribution in [2.24, 2.45) is 11.1 Å². The summed E-state index contributed by atoms with van der Waals surface area (Å²) in [5, 5.41) is 3.49. The van der Waals surface area contributed by atoms with Crippen LogP contribution in [0.25, 0.3) is 0 Å². The molecule has 3 N–H and O–H groups in total. The first kappa shape index (κ1) is 13.4. The molecule has 18 heavy (non-hydrogen) atoms. The second-order valence-electron chi connectivity index (χ2n) is 5.21. The quantitative estimate of drug-likeness (QED) is 0.880. The van der Waals surface area contributed by atoms with Gasteiger partial charge in [-0.05, 0) is 43.4 Å². The van der Waals surface area contributed by atoms with Crippen molar-refractivity contribution in [1.29, 1.82) is 0 Å². The largest absolute Gasteiger partial charge is 0.330 e. The van der Waals surface area contributed by atoms with Gasteiger partial charge >= 0.3 is 0 Å². The number of benzene rings is 1. The number of carbonyl (C=O) groups is 1. The van der Waals surface area contributed by atoms with Crippen molar-refractivity contribution in [1.82, 2.24) is 0 Å². The normalized spacial score (nSPS) is 17.1. The molecule has 1 aliphatic carbocycles. The molecule has 0 aliphatic heterocycles. The summed E-state index contributed by atoms with van der Waals surface area (Å²) < 4.78 is 0. The molecule has 0 saturated heterocycles. The molecule has 3 nitrogen and oxygen atoms in total. The molecule has 0 unspecified atom stereocenters. The molecular formula is C14H19ClN2O. The Kier molecular flexibility index (Phi) is 3.93. The Hall–Kier alpha value is -1.06. The molecule has 1 saturated carbocycles. The fourth-order valence-corrected chi connectivity index (χ4v) is 2.71. The van der Waals surface area contributed by atoms with E-state index in [-0.39, 0.29) is 11.3 Å². The number of halogens is 1. The number of aryl methyl sites for hydroxylation is 1. The first-order chi connectivity index (χ1) is 8.56. The minimum atomic E-state index is 0.0105. The Bertz CT molecular complexity index is 429. The summed E-state index contributed by atoms with van der Waals surface area (Å²) in [6.07, 6.45) is 3.78. The highest BCUT2D eigenvalue weighted by Gasteiger charge is 2.37. The predicted molar refractivity (Wildman–Crippen MR) is 74.8 cm³/mol. The fraction of sp³-hybridized carbons (Fsp3) is 0.500.